The number of rotatable bonds is 3. The van der Waals surface area contributed by atoms with E-state index in [0.29, 0.717) is 6.04 Å². The maximum absolute atomic E-state index is 11.3. The molecule has 0 aromatic carbocycles. The molecule has 0 amide bonds. The van der Waals surface area contributed by atoms with Gasteiger partial charge in [0.25, 0.3) is 0 Å². The zero-order chi connectivity index (χ0) is 10.2. The van der Waals surface area contributed by atoms with E-state index >= 15 is 0 Å². The molecule has 3 nitrogen and oxygen atoms in total. The highest BCUT2D eigenvalue weighted by Crippen LogP contribution is 2.40. The van der Waals surface area contributed by atoms with Gasteiger partial charge in [-0.1, -0.05) is 0 Å². The van der Waals surface area contributed by atoms with Crippen molar-refractivity contribution in [1.82, 2.24) is 4.90 Å². The van der Waals surface area contributed by atoms with Crippen molar-refractivity contribution in [1.29, 1.82) is 0 Å². The van der Waals surface area contributed by atoms with Crippen LogP contribution in [0.1, 0.15) is 25.7 Å². The maximum atomic E-state index is 11.3. The van der Waals surface area contributed by atoms with E-state index in [1.807, 2.05) is 18.8 Å². The van der Waals surface area contributed by atoms with Crippen LogP contribution in [0.5, 0.6) is 0 Å². The molecule has 2 aliphatic rings. The van der Waals surface area contributed by atoms with Gasteiger partial charge in [-0.25, -0.2) is 0 Å². The monoisotopic (exact) mass is 215 g/mol. The Hall–Kier alpha value is -0.220. The number of thioether (sulfide) groups is 1. The van der Waals surface area contributed by atoms with Crippen molar-refractivity contribution in [2.75, 3.05) is 18.6 Å². The first-order valence-electron chi connectivity index (χ1n) is 5.21. The number of hydrogen-bond donors (Lipinski definition) is 1. The lowest BCUT2D eigenvalue weighted by molar-refractivity contribution is -0.158. The average Bonchev–Trinajstić information content (AvgIpc) is 2.51. The number of carboxylic acids is 1. The first kappa shape index (κ1) is 10.3. The Kier molecular flexibility index (Phi) is 2.75. The lowest BCUT2D eigenvalue weighted by Gasteiger charge is -2.47. The van der Waals surface area contributed by atoms with Crippen molar-refractivity contribution in [2.45, 2.75) is 37.3 Å². The van der Waals surface area contributed by atoms with Crippen LogP contribution in [-0.4, -0.2) is 46.1 Å². The topological polar surface area (TPSA) is 40.5 Å². The Bertz CT molecular complexity index is 234. The Balaban J connectivity index is 2.07. The van der Waals surface area contributed by atoms with E-state index in [9.17, 15) is 9.90 Å². The minimum Gasteiger partial charge on any atom is -0.480 e. The molecule has 1 saturated heterocycles. The molecular formula is C10H17NO2S. The predicted octanol–water partition coefficient (Wildman–Crippen LogP) is 1.43. The van der Waals surface area contributed by atoms with Crippen LogP contribution in [0.3, 0.4) is 0 Å². The fourth-order valence-electron chi connectivity index (χ4n) is 2.41. The van der Waals surface area contributed by atoms with Gasteiger partial charge in [0.2, 0.25) is 0 Å². The molecule has 1 N–H and O–H groups in total. The quantitative estimate of drug-likeness (QED) is 0.773. The molecule has 1 aliphatic carbocycles. The van der Waals surface area contributed by atoms with E-state index in [0.717, 1.165) is 31.4 Å². The van der Waals surface area contributed by atoms with Crippen LogP contribution in [0.2, 0.25) is 0 Å². The van der Waals surface area contributed by atoms with Crippen molar-refractivity contribution >= 4 is 17.7 Å². The average molecular weight is 215 g/mol. The molecule has 0 aromatic heterocycles. The Labute approximate surface area is 88.9 Å². The molecule has 2 fully saturated rings. The maximum Gasteiger partial charge on any atom is 0.324 e. The third kappa shape index (κ3) is 1.44. The SMILES string of the molecule is CN(C1CCSC1)C1(C(=O)O)CCC1. The zero-order valence-electron chi connectivity index (χ0n) is 8.53. The summed E-state index contributed by atoms with van der Waals surface area (Å²) in [5, 5.41) is 9.27. The third-order valence-electron chi connectivity index (χ3n) is 3.71. The lowest BCUT2D eigenvalue weighted by atomic mass is 9.75. The molecule has 0 aromatic rings. The molecule has 14 heavy (non-hydrogen) atoms. The number of aliphatic carboxylic acids is 1. The van der Waals surface area contributed by atoms with Crippen molar-refractivity contribution in [2.24, 2.45) is 0 Å². The van der Waals surface area contributed by atoms with Crippen LogP contribution < -0.4 is 0 Å². The summed E-state index contributed by atoms with van der Waals surface area (Å²) in [6.45, 7) is 0. The van der Waals surface area contributed by atoms with Gasteiger partial charge in [-0.2, -0.15) is 11.8 Å². The zero-order valence-corrected chi connectivity index (χ0v) is 9.35. The summed E-state index contributed by atoms with van der Waals surface area (Å²) in [5.41, 5.74) is -0.518. The van der Waals surface area contributed by atoms with E-state index in [1.165, 1.54) is 5.75 Å². The number of likely N-dealkylation sites (N-methyl/N-ethyl adjacent to an activating group) is 1. The molecule has 80 valence electrons. The van der Waals surface area contributed by atoms with E-state index < -0.39 is 11.5 Å². The molecule has 1 aliphatic heterocycles. The summed E-state index contributed by atoms with van der Waals surface area (Å²) in [4.78, 5) is 13.4. The van der Waals surface area contributed by atoms with E-state index in [4.69, 9.17) is 0 Å². The molecule has 1 saturated carbocycles. The Morgan fingerprint density at radius 1 is 1.57 bits per heavy atom. The smallest absolute Gasteiger partial charge is 0.324 e. The highest BCUT2D eigenvalue weighted by molar-refractivity contribution is 7.99. The second-order valence-electron chi connectivity index (χ2n) is 4.32. The van der Waals surface area contributed by atoms with Crippen LogP contribution in [0, 0.1) is 0 Å². The van der Waals surface area contributed by atoms with Crippen LogP contribution >= 0.6 is 11.8 Å². The van der Waals surface area contributed by atoms with Gasteiger partial charge in [0.1, 0.15) is 5.54 Å². The van der Waals surface area contributed by atoms with Crippen molar-refractivity contribution in [3.8, 4) is 0 Å². The third-order valence-corrected chi connectivity index (χ3v) is 4.85. The molecule has 0 spiro atoms. The summed E-state index contributed by atoms with van der Waals surface area (Å²) in [7, 11) is 1.99. The molecule has 1 heterocycles. The summed E-state index contributed by atoms with van der Waals surface area (Å²) >= 11 is 1.94. The lowest BCUT2D eigenvalue weighted by Crippen LogP contribution is -2.60. The fourth-order valence-corrected chi connectivity index (χ4v) is 3.67. The normalized spacial score (nSPS) is 30.3. The first-order valence-corrected chi connectivity index (χ1v) is 6.36. The molecular weight excluding hydrogens is 198 g/mol. The fraction of sp³-hybridized carbons (Fsp3) is 0.900. The largest absolute Gasteiger partial charge is 0.480 e. The van der Waals surface area contributed by atoms with Crippen LogP contribution in [0.15, 0.2) is 0 Å². The molecule has 1 atom stereocenters. The van der Waals surface area contributed by atoms with Gasteiger partial charge >= 0.3 is 5.97 Å². The van der Waals surface area contributed by atoms with E-state index in [2.05, 4.69) is 4.90 Å². The van der Waals surface area contributed by atoms with Crippen molar-refractivity contribution in [3.63, 3.8) is 0 Å². The molecule has 4 heteroatoms. The molecule has 0 bridgehead atoms. The summed E-state index contributed by atoms with van der Waals surface area (Å²) in [5.74, 6) is 1.67. The highest BCUT2D eigenvalue weighted by Gasteiger charge is 2.50. The highest BCUT2D eigenvalue weighted by atomic mass is 32.2. The standard InChI is InChI=1S/C10H17NO2S/c1-11(8-3-6-14-7-8)10(9(12)13)4-2-5-10/h8H,2-7H2,1H3,(H,12,13). The number of hydrogen-bond acceptors (Lipinski definition) is 3. The van der Waals surface area contributed by atoms with Crippen molar-refractivity contribution in [3.05, 3.63) is 0 Å². The second kappa shape index (κ2) is 3.74. The van der Waals surface area contributed by atoms with Gasteiger partial charge < -0.3 is 5.11 Å². The molecule has 2 rings (SSSR count). The van der Waals surface area contributed by atoms with Crippen LogP contribution in [-0.2, 0) is 4.79 Å². The van der Waals surface area contributed by atoms with Gasteiger partial charge in [0, 0.05) is 11.8 Å². The minimum atomic E-state index is -0.622. The summed E-state index contributed by atoms with van der Waals surface area (Å²) in [6.07, 6.45) is 3.88. The second-order valence-corrected chi connectivity index (χ2v) is 5.47. The van der Waals surface area contributed by atoms with Gasteiger partial charge in [-0.3, -0.25) is 9.69 Å². The van der Waals surface area contributed by atoms with Gasteiger partial charge in [0.15, 0.2) is 0 Å². The van der Waals surface area contributed by atoms with E-state index in [1.54, 1.807) is 0 Å². The number of carbonyl (C=O) groups is 1. The van der Waals surface area contributed by atoms with Gasteiger partial charge in [0.05, 0.1) is 0 Å². The van der Waals surface area contributed by atoms with Crippen LogP contribution in [0.25, 0.3) is 0 Å². The molecule has 0 radical (unpaired) electrons. The number of nitrogens with zero attached hydrogens (tertiary/aromatic N) is 1. The van der Waals surface area contributed by atoms with Crippen molar-refractivity contribution < 1.29 is 9.90 Å². The Morgan fingerprint density at radius 2 is 2.29 bits per heavy atom. The number of carboxylic acid groups (broad SMARTS) is 1. The first-order chi connectivity index (χ1) is 6.67. The minimum absolute atomic E-state index is 0.483. The van der Waals surface area contributed by atoms with Crippen LogP contribution in [0.4, 0.5) is 0 Å². The van der Waals surface area contributed by atoms with Gasteiger partial charge in [-0.05, 0) is 38.5 Å². The summed E-state index contributed by atoms with van der Waals surface area (Å²) < 4.78 is 0. The Morgan fingerprint density at radius 3 is 2.64 bits per heavy atom. The van der Waals surface area contributed by atoms with Gasteiger partial charge in [-0.15, -0.1) is 0 Å². The van der Waals surface area contributed by atoms with E-state index in [-0.39, 0.29) is 0 Å². The summed E-state index contributed by atoms with van der Waals surface area (Å²) in [6, 6.07) is 0.483. The molecule has 1 unspecified atom stereocenters. The predicted molar refractivity (Wildman–Crippen MR) is 57.7 cm³/mol.